The topological polar surface area (TPSA) is 68.9 Å². The van der Waals surface area contributed by atoms with Crippen LogP contribution in [0.3, 0.4) is 0 Å². The predicted molar refractivity (Wildman–Crippen MR) is 94.1 cm³/mol. The zero-order valence-corrected chi connectivity index (χ0v) is 14.3. The van der Waals surface area contributed by atoms with Crippen LogP contribution in [-0.2, 0) is 6.54 Å². The fourth-order valence-corrected chi connectivity index (χ4v) is 2.72. The Labute approximate surface area is 139 Å². The molecule has 23 heavy (non-hydrogen) atoms. The summed E-state index contributed by atoms with van der Waals surface area (Å²) in [6, 6.07) is 5.96. The molecule has 0 heterocycles. The van der Waals surface area contributed by atoms with Gasteiger partial charge in [-0.1, -0.05) is 19.4 Å². The lowest BCUT2D eigenvalue weighted by molar-refractivity contribution is 0.200. The highest BCUT2D eigenvalue weighted by Gasteiger charge is 2.18. The van der Waals surface area contributed by atoms with Crippen LogP contribution in [0.5, 0.6) is 11.5 Å². The molecule has 3 N–H and O–H groups in total. The number of unbranched alkanes of at least 4 members (excludes halogenated alkanes) is 1. The zero-order chi connectivity index (χ0) is 16.5. The van der Waals surface area contributed by atoms with Crippen molar-refractivity contribution >= 4 is 5.96 Å². The summed E-state index contributed by atoms with van der Waals surface area (Å²) in [5, 5.41) is 3.12. The second-order valence-corrected chi connectivity index (χ2v) is 5.99. The zero-order valence-electron chi connectivity index (χ0n) is 14.3. The highest BCUT2D eigenvalue weighted by molar-refractivity contribution is 5.77. The molecule has 1 aliphatic carbocycles. The predicted octanol–water partition coefficient (Wildman–Crippen LogP) is 3.22. The standard InChI is InChI=1S/C18H29N3O2/c1-3-4-11-20-18(19)21-13-14-9-10-16(22-2)17(12-14)23-15-7-5-6-8-15/h9-10,12,15H,3-8,11,13H2,1-2H3,(H3,19,20,21). The highest BCUT2D eigenvalue weighted by Crippen LogP contribution is 2.32. The Bertz CT molecular complexity index is 511. The molecule has 0 radical (unpaired) electrons. The summed E-state index contributed by atoms with van der Waals surface area (Å²) in [6.45, 7) is 3.55. The van der Waals surface area contributed by atoms with Crippen molar-refractivity contribution in [3.63, 3.8) is 0 Å². The monoisotopic (exact) mass is 319 g/mol. The Hall–Kier alpha value is -1.91. The molecule has 0 unspecified atom stereocenters. The average molecular weight is 319 g/mol. The van der Waals surface area contributed by atoms with E-state index in [0.29, 0.717) is 18.6 Å². The summed E-state index contributed by atoms with van der Waals surface area (Å²) in [6.07, 6.45) is 7.29. The summed E-state index contributed by atoms with van der Waals surface area (Å²) < 4.78 is 11.5. The van der Waals surface area contributed by atoms with E-state index in [4.69, 9.17) is 15.2 Å². The SMILES string of the molecule is CCCCNC(N)=NCc1ccc(OC)c(OC2CCCC2)c1. The largest absolute Gasteiger partial charge is 0.493 e. The summed E-state index contributed by atoms with van der Waals surface area (Å²) in [5.74, 6) is 2.08. The molecule has 0 aliphatic heterocycles. The molecule has 0 spiro atoms. The van der Waals surface area contributed by atoms with Gasteiger partial charge in [0.2, 0.25) is 0 Å². The van der Waals surface area contributed by atoms with E-state index in [2.05, 4.69) is 17.2 Å². The molecule has 0 atom stereocenters. The summed E-state index contributed by atoms with van der Waals surface area (Å²) in [5.41, 5.74) is 6.94. The first kappa shape index (κ1) is 17.4. The van der Waals surface area contributed by atoms with Crippen molar-refractivity contribution in [1.29, 1.82) is 0 Å². The van der Waals surface area contributed by atoms with E-state index in [1.54, 1.807) is 7.11 Å². The molecule has 0 amide bonds. The van der Waals surface area contributed by atoms with E-state index in [-0.39, 0.29) is 0 Å². The van der Waals surface area contributed by atoms with Crippen molar-refractivity contribution in [3.05, 3.63) is 23.8 Å². The van der Waals surface area contributed by atoms with E-state index in [9.17, 15) is 0 Å². The summed E-state index contributed by atoms with van der Waals surface area (Å²) in [4.78, 5) is 4.38. The van der Waals surface area contributed by atoms with Crippen LogP contribution in [0.4, 0.5) is 0 Å². The van der Waals surface area contributed by atoms with Gasteiger partial charge in [-0.05, 0) is 49.8 Å². The number of guanidine groups is 1. The quantitative estimate of drug-likeness (QED) is 0.438. The van der Waals surface area contributed by atoms with Gasteiger partial charge < -0.3 is 20.5 Å². The molecule has 1 fully saturated rings. The maximum atomic E-state index is 6.10. The minimum Gasteiger partial charge on any atom is -0.493 e. The number of aliphatic imine (C=N–C) groups is 1. The fraction of sp³-hybridized carbons (Fsp3) is 0.611. The fourth-order valence-electron chi connectivity index (χ4n) is 2.72. The Morgan fingerprint density at radius 1 is 1.30 bits per heavy atom. The first-order chi connectivity index (χ1) is 11.2. The number of benzene rings is 1. The van der Waals surface area contributed by atoms with E-state index in [1.165, 1.54) is 12.8 Å². The van der Waals surface area contributed by atoms with E-state index >= 15 is 0 Å². The molecule has 2 rings (SSSR count). The van der Waals surface area contributed by atoms with Crippen LogP contribution in [0.15, 0.2) is 23.2 Å². The lowest BCUT2D eigenvalue weighted by atomic mass is 10.2. The number of hydrogen-bond donors (Lipinski definition) is 2. The lowest BCUT2D eigenvalue weighted by Crippen LogP contribution is -2.32. The van der Waals surface area contributed by atoms with E-state index in [1.807, 2.05) is 18.2 Å². The minimum absolute atomic E-state index is 0.309. The Morgan fingerprint density at radius 2 is 2.09 bits per heavy atom. The molecule has 128 valence electrons. The molecule has 5 nitrogen and oxygen atoms in total. The van der Waals surface area contributed by atoms with Gasteiger partial charge in [-0.25, -0.2) is 4.99 Å². The minimum atomic E-state index is 0.309. The number of ether oxygens (including phenoxy) is 2. The molecule has 5 heteroatoms. The van der Waals surface area contributed by atoms with Gasteiger partial charge in [0.15, 0.2) is 17.5 Å². The van der Waals surface area contributed by atoms with Crippen LogP contribution in [0.1, 0.15) is 51.0 Å². The number of nitrogens with one attached hydrogen (secondary N) is 1. The number of nitrogens with two attached hydrogens (primary N) is 1. The molecule has 1 aromatic carbocycles. The van der Waals surface area contributed by atoms with Gasteiger partial charge in [-0.2, -0.15) is 0 Å². The maximum absolute atomic E-state index is 6.10. The summed E-state index contributed by atoms with van der Waals surface area (Å²) in [7, 11) is 1.67. The van der Waals surface area contributed by atoms with Crippen molar-refractivity contribution < 1.29 is 9.47 Å². The van der Waals surface area contributed by atoms with Gasteiger partial charge in [-0.3, -0.25) is 0 Å². The third-order valence-electron chi connectivity index (χ3n) is 4.09. The Kier molecular flexibility index (Phi) is 7.04. The van der Waals surface area contributed by atoms with Crippen LogP contribution >= 0.6 is 0 Å². The molecule has 0 saturated heterocycles. The molecule has 1 aromatic rings. The molecule has 0 bridgehead atoms. The number of hydrogen-bond acceptors (Lipinski definition) is 3. The van der Waals surface area contributed by atoms with Gasteiger partial charge >= 0.3 is 0 Å². The van der Waals surface area contributed by atoms with Gasteiger partial charge in [0.25, 0.3) is 0 Å². The smallest absolute Gasteiger partial charge is 0.188 e. The normalized spacial score (nSPS) is 15.7. The van der Waals surface area contributed by atoms with Crippen molar-refractivity contribution in [2.24, 2.45) is 10.7 Å². The second kappa shape index (κ2) is 9.28. The molecular formula is C18H29N3O2. The number of rotatable bonds is 8. The summed E-state index contributed by atoms with van der Waals surface area (Å²) >= 11 is 0. The van der Waals surface area contributed by atoms with Crippen LogP contribution < -0.4 is 20.5 Å². The van der Waals surface area contributed by atoms with Crippen LogP contribution in [0.2, 0.25) is 0 Å². The maximum Gasteiger partial charge on any atom is 0.188 e. The van der Waals surface area contributed by atoms with Crippen LogP contribution in [0.25, 0.3) is 0 Å². The number of methoxy groups -OCH3 is 1. The van der Waals surface area contributed by atoms with E-state index < -0.39 is 0 Å². The Morgan fingerprint density at radius 3 is 2.78 bits per heavy atom. The van der Waals surface area contributed by atoms with Gasteiger partial charge in [-0.15, -0.1) is 0 Å². The lowest BCUT2D eigenvalue weighted by Gasteiger charge is -2.16. The molecular weight excluding hydrogens is 290 g/mol. The second-order valence-electron chi connectivity index (χ2n) is 5.99. The Balaban J connectivity index is 1.97. The average Bonchev–Trinajstić information content (AvgIpc) is 3.06. The van der Waals surface area contributed by atoms with Crippen molar-refractivity contribution in [2.75, 3.05) is 13.7 Å². The third kappa shape index (κ3) is 5.66. The molecule has 1 saturated carbocycles. The third-order valence-corrected chi connectivity index (χ3v) is 4.09. The number of nitrogens with zero attached hydrogens (tertiary/aromatic N) is 1. The highest BCUT2D eigenvalue weighted by atomic mass is 16.5. The van der Waals surface area contributed by atoms with E-state index in [0.717, 1.165) is 49.3 Å². The first-order valence-electron chi connectivity index (χ1n) is 8.60. The molecule has 1 aliphatic rings. The van der Waals surface area contributed by atoms with Gasteiger partial charge in [0.05, 0.1) is 19.8 Å². The van der Waals surface area contributed by atoms with Crippen molar-refractivity contribution in [3.8, 4) is 11.5 Å². The van der Waals surface area contributed by atoms with Crippen molar-refractivity contribution in [2.45, 2.75) is 58.1 Å². The van der Waals surface area contributed by atoms with Crippen LogP contribution in [-0.4, -0.2) is 25.7 Å². The van der Waals surface area contributed by atoms with Crippen molar-refractivity contribution in [1.82, 2.24) is 5.32 Å². The first-order valence-corrected chi connectivity index (χ1v) is 8.60. The van der Waals surface area contributed by atoms with Gasteiger partial charge in [0, 0.05) is 6.54 Å². The molecule has 0 aromatic heterocycles. The van der Waals surface area contributed by atoms with Crippen LogP contribution in [0, 0.1) is 0 Å². The van der Waals surface area contributed by atoms with Gasteiger partial charge in [0.1, 0.15) is 0 Å².